The Hall–Kier alpha value is -2.22. The molecule has 0 unspecified atom stereocenters. The van der Waals surface area contributed by atoms with Gasteiger partial charge in [0.15, 0.2) is 0 Å². The summed E-state index contributed by atoms with van der Waals surface area (Å²) in [6, 6.07) is 1.25. The molecule has 0 saturated carbocycles. The van der Waals surface area contributed by atoms with Crippen LogP contribution in [0.4, 0.5) is 11.5 Å². The van der Waals surface area contributed by atoms with Gasteiger partial charge in [0.1, 0.15) is 17.6 Å². The van der Waals surface area contributed by atoms with Crippen LogP contribution in [0, 0.1) is 16.0 Å². The maximum atomic E-state index is 12.4. The molecule has 21 heavy (non-hydrogen) atoms. The Kier molecular flexibility index (Phi) is 4.69. The van der Waals surface area contributed by atoms with Gasteiger partial charge in [0.05, 0.1) is 4.92 Å². The standard InChI is InChI=1S/C13H18N4O4/c1-16(8-9-2-4-21-5-3-9)13(18)10-6-12(14)15-7-11(10)17(19)20/h6-7,9H,2-5,8H2,1H3,(H2,14,15). The number of anilines is 1. The van der Waals surface area contributed by atoms with E-state index in [9.17, 15) is 14.9 Å². The van der Waals surface area contributed by atoms with E-state index in [1.54, 1.807) is 7.05 Å². The Balaban J connectivity index is 2.14. The highest BCUT2D eigenvalue weighted by Gasteiger charge is 2.26. The van der Waals surface area contributed by atoms with E-state index >= 15 is 0 Å². The van der Waals surface area contributed by atoms with Crippen molar-refractivity contribution in [2.75, 3.05) is 32.5 Å². The molecule has 1 aromatic heterocycles. The van der Waals surface area contributed by atoms with Gasteiger partial charge in [-0.15, -0.1) is 0 Å². The van der Waals surface area contributed by atoms with E-state index in [4.69, 9.17) is 10.5 Å². The van der Waals surface area contributed by atoms with Crippen molar-refractivity contribution in [3.05, 3.63) is 27.9 Å². The predicted octanol–water partition coefficient (Wildman–Crippen LogP) is 1.07. The third-order valence-corrected chi connectivity index (χ3v) is 3.55. The Morgan fingerprint density at radius 2 is 2.24 bits per heavy atom. The average Bonchev–Trinajstić information content (AvgIpc) is 2.47. The molecule has 1 saturated heterocycles. The van der Waals surface area contributed by atoms with Crippen LogP contribution in [0.1, 0.15) is 23.2 Å². The van der Waals surface area contributed by atoms with Crippen LogP contribution in [0.3, 0.4) is 0 Å². The largest absolute Gasteiger partial charge is 0.384 e. The lowest BCUT2D eigenvalue weighted by atomic mass is 9.99. The topological polar surface area (TPSA) is 112 Å². The van der Waals surface area contributed by atoms with Crippen LogP contribution in [-0.4, -0.2) is 47.5 Å². The molecule has 0 aliphatic carbocycles. The van der Waals surface area contributed by atoms with Gasteiger partial charge in [0, 0.05) is 26.8 Å². The fraction of sp³-hybridized carbons (Fsp3) is 0.538. The van der Waals surface area contributed by atoms with Crippen molar-refractivity contribution in [1.29, 1.82) is 0 Å². The van der Waals surface area contributed by atoms with E-state index in [0.29, 0.717) is 25.7 Å². The number of nitrogen functional groups attached to an aromatic ring is 1. The number of amides is 1. The maximum Gasteiger partial charge on any atom is 0.300 e. The number of nitro groups is 1. The Morgan fingerprint density at radius 3 is 2.86 bits per heavy atom. The summed E-state index contributed by atoms with van der Waals surface area (Å²) < 4.78 is 5.28. The zero-order valence-electron chi connectivity index (χ0n) is 11.8. The van der Waals surface area contributed by atoms with E-state index < -0.39 is 10.8 Å². The average molecular weight is 294 g/mol. The van der Waals surface area contributed by atoms with Crippen molar-refractivity contribution < 1.29 is 14.5 Å². The van der Waals surface area contributed by atoms with Crippen molar-refractivity contribution in [2.24, 2.45) is 5.92 Å². The monoisotopic (exact) mass is 294 g/mol. The van der Waals surface area contributed by atoms with Gasteiger partial charge in [-0.05, 0) is 24.8 Å². The first-order chi connectivity index (χ1) is 9.99. The minimum atomic E-state index is -0.623. The lowest BCUT2D eigenvalue weighted by molar-refractivity contribution is -0.385. The van der Waals surface area contributed by atoms with Crippen molar-refractivity contribution >= 4 is 17.4 Å². The summed E-state index contributed by atoms with van der Waals surface area (Å²) in [7, 11) is 1.64. The highest BCUT2D eigenvalue weighted by atomic mass is 16.6. The number of hydrogen-bond acceptors (Lipinski definition) is 6. The minimum absolute atomic E-state index is 0.0259. The van der Waals surface area contributed by atoms with E-state index in [1.165, 1.54) is 11.0 Å². The summed E-state index contributed by atoms with van der Waals surface area (Å²) in [6.45, 7) is 1.92. The van der Waals surface area contributed by atoms with Crippen LogP contribution in [-0.2, 0) is 4.74 Å². The molecule has 2 rings (SSSR count). The molecule has 1 aliphatic heterocycles. The van der Waals surface area contributed by atoms with E-state index in [2.05, 4.69) is 4.98 Å². The van der Waals surface area contributed by atoms with Crippen LogP contribution in [0.15, 0.2) is 12.3 Å². The number of nitrogens with zero attached hydrogens (tertiary/aromatic N) is 3. The second-order valence-electron chi connectivity index (χ2n) is 5.12. The zero-order chi connectivity index (χ0) is 15.4. The highest BCUT2D eigenvalue weighted by molar-refractivity contribution is 5.98. The SMILES string of the molecule is CN(CC1CCOCC1)C(=O)c1cc(N)ncc1[N+](=O)[O-]. The van der Waals surface area contributed by atoms with Crippen LogP contribution < -0.4 is 5.73 Å². The predicted molar refractivity (Wildman–Crippen MR) is 75.8 cm³/mol. The second kappa shape index (κ2) is 6.49. The minimum Gasteiger partial charge on any atom is -0.384 e. The Morgan fingerprint density at radius 1 is 1.57 bits per heavy atom. The quantitative estimate of drug-likeness (QED) is 0.656. The summed E-state index contributed by atoms with van der Waals surface area (Å²) in [6.07, 6.45) is 2.79. The van der Waals surface area contributed by atoms with Gasteiger partial charge in [-0.3, -0.25) is 14.9 Å². The van der Waals surface area contributed by atoms with Gasteiger partial charge in [-0.25, -0.2) is 4.98 Å². The molecule has 114 valence electrons. The summed E-state index contributed by atoms with van der Waals surface area (Å²) in [4.78, 5) is 27.9. The van der Waals surface area contributed by atoms with Gasteiger partial charge >= 0.3 is 0 Å². The highest BCUT2D eigenvalue weighted by Crippen LogP contribution is 2.22. The molecule has 0 bridgehead atoms. The maximum absolute atomic E-state index is 12.4. The van der Waals surface area contributed by atoms with Crippen molar-refractivity contribution in [3.63, 3.8) is 0 Å². The number of pyridine rings is 1. The molecule has 0 spiro atoms. The molecule has 1 aliphatic rings. The van der Waals surface area contributed by atoms with E-state index in [-0.39, 0.29) is 17.1 Å². The molecule has 8 nitrogen and oxygen atoms in total. The first-order valence-corrected chi connectivity index (χ1v) is 6.72. The van der Waals surface area contributed by atoms with Gasteiger partial charge in [0.25, 0.3) is 11.6 Å². The molecule has 2 N–H and O–H groups in total. The number of ether oxygens (including phenoxy) is 1. The normalized spacial score (nSPS) is 15.7. The molecule has 8 heteroatoms. The number of rotatable bonds is 4. The van der Waals surface area contributed by atoms with Gasteiger partial charge < -0.3 is 15.4 Å². The second-order valence-corrected chi connectivity index (χ2v) is 5.12. The van der Waals surface area contributed by atoms with Crippen LogP contribution in [0.2, 0.25) is 0 Å². The van der Waals surface area contributed by atoms with Crippen molar-refractivity contribution in [3.8, 4) is 0 Å². The Labute approximate surface area is 122 Å². The van der Waals surface area contributed by atoms with Gasteiger partial charge in [-0.2, -0.15) is 0 Å². The number of hydrogen-bond donors (Lipinski definition) is 1. The molecule has 1 amide bonds. The molecule has 1 fully saturated rings. The number of aromatic nitrogens is 1. The lowest BCUT2D eigenvalue weighted by Crippen LogP contribution is -2.34. The summed E-state index contributed by atoms with van der Waals surface area (Å²) in [5.74, 6) is 0.0247. The summed E-state index contributed by atoms with van der Waals surface area (Å²) in [5.41, 5.74) is 5.18. The van der Waals surface area contributed by atoms with Gasteiger partial charge in [-0.1, -0.05) is 0 Å². The molecule has 0 radical (unpaired) electrons. The summed E-state index contributed by atoms with van der Waals surface area (Å²) >= 11 is 0. The molecular formula is C13H18N4O4. The fourth-order valence-electron chi connectivity index (χ4n) is 2.39. The number of nitrogens with two attached hydrogens (primary N) is 1. The molecule has 1 aromatic rings. The first-order valence-electron chi connectivity index (χ1n) is 6.72. The van der Waals surface area contributed by atoms with Crippen LogP contribution >= 0.6 is 0 Å². The summed E-state index contributed by atoms with van der Waals surface area (Å²) in [5, 5.41) is 11.0. The van der Waals surface area contributed by atoms with E-state index in [1.807, 2.05) is 0 Å². The molecular weight excluding hydrogens is 276 g/mol. The lowest BCUT2D eigenvalue weighted by Gasteiger charge is -2.27. The van der Waals surface area contributed by atoms with E-state index in [0.717, 1.165) is 19.0 Å². The van der Waals surface area contributed by atoms with Crippen molar-refractivity contribution in [1.82, 2.24) is 9.88 Å². The van der Waals surface area contributed by atoms with Crippen LogP contribution in [0.5, 0.6) is 0 Å². The third kappa shape index (κ3) is 3.66. The van der Waals surface area contributed by atoms with Gasteiger partial charge in [0.2, 0.25) is 0 Å². The fourth-order valence-corrected chi connectivity index (χ4v) is 2.39. The number of carbonyl (C=O) groups excluding carboxylic acids is 1. The smallest absolute Gasteiger partial charge is 0.300 e. The zero-order valence-corrected chi connectivity index (χ0v) is 11.8. The molecule has 0 atom stereocenters. The van der Waals surface area contributed by atoms with Crippen molar-refractivity contribution in [2.45, 2.75) is 12.8 Å². The third-order valence-electron chi connectivity index (χ3n) is 3.55. The van der Waals surface area contributed by atoms with Crippen LogP contribution in [0.25, 0.3) is 0 Å². The number of carbonyl (C=O) groups is 1. The Bertz CT molecular complexity index is 543. The molecule has 0 aromatic carbocycles. The molecule has 2 heterocycles. The first kappa shape index (κ1) is 15.2.